The van der Waals surface area contributed by atoms with E-state index in [1.54, 1.807) is 4.90 Å². The van der Waals surface area contributed by atoms with Crippen LogP contribution in [0.5, 0.6) is 0 Å². The summed E-state index contributed by atoms with van der Waals surface area (Å²) in [6.07, 6.45) is 6.17. The first-order valence-electron chi connectivity index (χ1n) is 13.4. The number of piperidine rings is 1. The first-order valence-corrected chi connectivity index (χ1v) is 13.4. The third-order valence-electron chi connectivity index (χ3n) is 8.18. The molecule has 5 rings (SSSR count). The largest absolute Gasteiger partial charge is 0.450 e. The van der Waals surface area contributed by atoms with Crippen LogP contribution in [-0.4, -0.2) is 77.4 Å². The Bertz CT molecular complexity index is 1190. The van der Waals surface area contributed by atoms with E-state index in [4.69, 9.17) is 4.74 Å². The maximum absolute atomic E-state index is 12.1. The van der Waals surface area contributed by atoms with Crippen LogP contribution in [0, 0.1) is 0 Å². The lowest BCUT2D eigenvalue weighted by Gasteiger charge is -2.41. The molecule has 0 N–H and O–H groups in total. The van der Waals surface area contributed by atoms with Crippen molar-refractivity contribution in [2.45, 2.75) is 52.0 Å². The summed E-state index contributed by atoms with van der Waals surface area (Å²) in [4.78, 5) is 18.8. The Kier molecular flexibility index (Phi) is 6.93. The summed E-state index contributed by atoms with van der Waals surface area (Å²) in [6, 6.07) is 14.1. The van der Waals surface area contributed by atoms with Crippen LogP contribution < -0.4 is 4.90 Å². The molecule has 3 aromatic rings. The average molecular weight is 490 g/mol. The first-order chi connectivity index (χ1) is 17.4. The van der Waals surface area contributed by atoms with Gasteiger partial charge < -0.3 is 19.4 Å². The standard InChI is InChI=1S/C29H39N5O2/c1-5-36-28(35)33-18-16-32(17-19-33)26-10-13-30-34-21-24(20-27(26)34)23-6-8-25(9-7-23)29(4)11-14-31(15-12-29)22(2)3/h6-10,13,20-22H,5,11-12,14-19H2,1-4H3. The number of likely N-dealkylation sites (tertiary alicyclic amines) is 1. The summed E-state index contributed by atoms with van der Waals surface area (Å²) in [5.74, 6) is 0. The molecule has 1 amide bonds. The number of aromatic nitrogens is 2. The predicted octanol–water partition coefficient (Wildman–Crippen LogP) is 5.04. The monoisotopic (exact) mass is 489 g/mol. The summed E-state index contributed by atoms with van der Waals surface area (Å²) < 4.78 is 7.14. The summed E-state index contributed by atoms with van der Waals surface area (Å²) in [5, 5.41) is 4.57. The second kappa shape index (κ2) is 10.1. The number of hydrogen-bond donors (Lipinski definition) is 0. The lowest BCUT2D eigenvalue weighted by atomic mass is 9.74. The fourth-order valence-corrected chi connectivity index (χ4v) is 5.66. The second-order valence-electron chi connectivity index (χ2n) is 10.7. The van der Waals surface area contributed by atoms with E-state index < -0.39 is 0 Å². The van der Waals surface area contributed by atoms with Gasteiger partial charge in [0.25, 0.3) is 0 Å². The molecular formula is C29H39N5O2. The van der Waals surface area contributed by atoms with Gasteiger partial charge in [-0.25, -0.2) is 9.31 Å². The topological polar surface area (TPSA) is 53.3 Å². The molecule has 2 aromatic heterocycles. The molecule has 0 radical (unpaired) electrons. The lowest BCUT2D eigenvalue weighted by molar-refractivity contribution is 0.105. The molecule has 2 fully saturated rings. The number of amides is 1. The van der Waals surface area contributed by atoms with Crippen molar-refractivity contribution in [3.05, 3.63) is 54.4 Å². The van der Waals surface area contributed by atoms with Crippen molar-refractivity contribution in [3.8, 4) is 11.1 Å². The molecule has 36 heavy (non-hydrogen) atoms. The van der Waals surface area contributed by atoms with Crippen molar-refractivity contribution in [2.75, 3.05) is 50.8 Å². The fraction of sp³-hybridized carbons (Fsp3) is 0.517. The molecule has 0 bridgehead atoms. The van der Waals surface area contributed by atoms with E-state index in [1.165, 1.54) is 42.6 Å². The minimum absolute atomic E-state index is 0.218. The number of carbonyl (C=O) groups is 1. The number of benzene rings is 1. The number of fused-ring (bicyclic) bond motifs is 1. The number of anilines is 1. The van der Waals surface area contributed by atoms with Crippen molar-refractivity contribution >= 4 is 17.3 Å². The molecule has 192 valence electrons. The smallest absolute Gasteiger partial charge is 0.409 e. The number of carbonyl (C=O) groups excluding carboxylic acids is 1. The van der Waals surface area contributed by atoms with Gasteiger partial charge in [-0.2, -0.15) is 5.10 Å². The number of hydrogen-bond acceptors (Lipinski definition) is 5. The first kappa shape index (κ1) is 24.6. The molecule has 0 atom stereocenters. The van der Waals surface area contributed by atoms with Crippen molar-refractivity contribution in [1.82, 2.24) is 19.4 Å². The van der Waals surface area contributed by atoms with E-state index in [-0.39, 0.29) is 11.5 Å². The van der Waals surface area contributed by atoms with E-state index in [2.05, 4.69) is 78.3 Å². The summed E-state index contributed by atoms with van der Waals surface area (Å²) in [6.45, 7) is 14.5. The van der Waals surface area contributed by atoms with E-state index in [1.807, 2.05) is 17.6 Å². The van der Waals surface area contributed by atoms with Gasteiger partial charge in [0.1, 0.15) is 0 Å². The minimum atomic E-state index is -0.218. The van der Waals surface area contributed by atoms with Crippen LogP contribution in [0.2, 0.25) is 0 Å². The highest BCUT2D eigenvalue weighted by molar-refractivity contribution is 5.80. The van der Waals surface area contributed by atoms with Crippen LogP contribution in [0.1, 0.15) is 46.1 Å². The number of nitrogens with zero attached hydrogens (tertiary/aromatic N) is 5. The maximum atomic E-state index is 12.1. The number of rotatable bonds is 5. The molecule has 2 saturated heterocycles. The van der Waals surface area contributed by atoms with Crippen LogP contribution in [-0.2, 0) is 10.2 Å². The fourth-order valence-electron chi connectivity index (χ4n) is 5.66. The van der Waals surface area contributed by atoms with Crippen LogP contribution in [0.25, 0.3) is 16.6 Å². The molecule has 1 aromatic carbocycles. The second-order valence-corrected chi connectivity index (χ2v) is 10.7. The van der Waals surface area contributed by atoms with E-state index in [9.17, 15) is 4.79 Å². The molecule has 0 spiro atoms. The molecule has 0 aliphatic carbocycles. The van der Waals surface area contributed by atoms with E-state index >= 15 is 0 Å². The Labute approximate surface area is 214 Å². The minimum Gasteiger partial charge on any atom is -0.450 e. The van der Waals surface area contributed by atoms with Gasteiger partial charge in [0.2, 0.25) is 0 Å². The summed E-state index contributed by atoms with van der Waals surface area (Å²) in [7, 11) is 0. The normalized spacial score (nSPS) is 18.7. The van der Waals surface area contributed by atoms with Crippen LogP contribution in [0.4, 0.5) is 10.5 Å². The molecule has 2 aliphatic rings. The van der Waals surface area contributed by atoms with Crippen molar-refractivity contribution in [1.29, 1.82) is 0 Å². The van der Waals surface area contributed by atoms with Gasteiger partial charge in [-0.3, -0.25) is 0 Å². The van der Waals surface area contributed by atoms with Gasteiger partial charge in [-0.15, -0.1) is 0 Å². The highest BCUT2D eigenvalue weighted by Crippen LogP contribution is 2.37. The quantitative estimate of drug-likeness (QED) is 0.503. The van der Waals surface area contributed by atoms with Gasteiger partial charge in [0.15, 0.2) is 0 Å². The maximum Gasteiger partial charge on any atom is 0.409 e. The molecule has 4 heterocycles. The molecule has 0 saturated carbocycles. The molecule has 2 aliphatic heterocycles. The Morgan fingerprint density at radius 2 is 1.69 bits per heavy atom. The summed E-state index contributed by atoms with van der Waals surface area (Å²) in [5.41, 5.74) is 6.32. The van der Waals surface area contributed by atoms with Crippen molar-refractivity contribution in [2.24, 2.45) is 0 Å². The highest BCUT2D eigenvalue weighted by atomic mass is 16.6. The van der Waals surface area contributed by atoms with Gasteiger partial charge in [-0.05, 0) is 75.4 Å². The Morgan fingerprint density at radius 1 is 1.00 bits per heavy atom. The molecule has 0 unspecified atom stereocenters. The third-order valence-corrected chi connectivity index (χ3v) is 8.18. The van der Waals surface area contributed by atoms with E-state index in [0.29, 0.717) is 25.7 Å². The van der Waals surface area contributed by atoms with Crippen LogP contribution in [0.3, 0.4) is 0 Å². The zero-order valence-electron chi connectivity index (χ0n) is 22.1. The van der Waals surface area contributed by atoms with Crippen molar-refractivity contribution in [3.63, 3.8) is 0 Å². The molecule has 7 nitrogen and oxygen atoms in total. The number of piperazine rings is 1. The van der Waals surface area contributed by atoms with Gasteiger partial charge in [-0.1, -0.05) is 31.2 Å². The zero-order valence-corrected chi connectivity index (χ0v) is 22.1. The zero-order chi connectivity index (χ0) is 25.3. The van der Waals surface area contributed by atoms with Gasteiger partial charge in [0.05, 0.1) is 17.8 Å². The number of ether oxygens (including phenoxy) is 1. The van der Waals surface area contributed by atoms with E-state index in [0.717, 1.165) is 24.3 Å². The molecule has 7 heteroatoms. The summed E-state index contributed by atoms with van der Waals surface area (Å²) >= 11 is 0. The van der Waals surface area contributed by atoms with Gasteiger partial charge in [0, 0.05) is 50.2 Å². The molecular weight excluding hydrogens is 450 g/mol. The van der Waals surface area contributed by atoms with Crippen molar-refractivity contribution < 1.29 is 9.53 Å². The van der Waals surface area contributed by atoms with Crippen LogP contribution in [0.15, 0.2) is 48.8 Å². The van der Waals surface area contributed by atoms with Crippen LogP contribution >= 0.6 is 0 Å². The average Bonchev–Trinajstić information content (AvgIpc) is 3.34. The Morgan fingerprint density at radius 3 is 2.33 bits per heavy atom. The third kappa shape index (κ3) is 4.81. The Hall–Kier alpha value is -3.06. The lowest BCUT2D eigenvalue weighted by Crippen LogP contribution is -2.49. The highest BCUT2D eigenvalue weighted by Gasteiger charge is 2.32. The predicted molar refractivity (Wildman–Crippen MR) is 145 cm³/mol. The SMILES string of the molecule is CCOC(=O)N1CCN(c2ccnn3cc(-c4ccc(C5(C)CCN(C(C)C)CC5)cc4)cc23)CC1. The van der Waals surface area contributed by atoms with Gasteiger partial charge >= 0.3 is 6.09 Å². The Balaban J connectivity index is 1.32.